The van der Waals surface area contributed by atoms with Gasteiger partial charge in [-0.05, 0) is 26.2 Å². The third-order valence-electron chi connectivity index (χ3n) is 1.61. The van der Waals surface area contributed by atoms with E-state index in [0.717, 1.165) is 0 Å². The molecule has 0 aliphatic rings. The molecule has 86 valence electrons. The Kier molecular flexibility index (Phi) is 6.30. The van der Waals surface area contributed by atoms with Crippen LogP contribution >= 0.6 is 0 Å². The highest BCUT2D eigenvalue weighted by atomic mass is 28.4. The van der Waals surface area contributed by atoms with Gasteiger partial charge in [-0.15, -0.1) is 0 Å². The van der Waals surface area contributed by atoms with Crippen molar-refractivity contribution in [1.82, 2.24) is 0 Å². The van der Waals surface area contributed by atoms with E-state index in [0.29, 0.717) is 0 Å². The summed E-state index contributed by atoms with van der Waals surface area (Å²) >= 11 is 0. The zero-order valence-corrected chi connectivity index (χ0v) is 13.0. The van der Waals surface area contributed by atoms with E-state index in [1.54, 1.807) is 0 Å². The monoisotopic (exact) mass is 258 g/mol. The number of hydrogen-bond donors (Lipinski definition) is 0. The first-order chi connectivity index (χ1) is 6.29. The largest absolute Gasteiger partial charge is 0.438 e. The van der Waals surface area contributed by atoms with E-state index in [-0.39, 0.29) is 6.42 Å². The maximum atomic E-state index is 13.4. The molecule has 0 amide bonds. The lowest BCUT2D eigenvalue weighted by molar-refractivity contribution is 0.0507. The Morgan fingerprint density at radius 3 is 1.57 bits per heavy atom. The van der Waals surface area contributed by atoms with Crippen LogP contribution in [0.3, 0.4) is 0 Å². The Balaban J connectivity index is 4.38. The third kappa shape index (κ3) is 5.35. The van der Waals surface area contributed by atoms with Gasteiger partial charge in [0.2, 0.25) is 0 Å². The minimum absolute atomic E-state index is 0.174. The van der Waals surface area contributed by atoms with Gasteiger partial charge in [-0.3, -0.25) is 0 Å². The van der Waals surface area contributed by atoms with Crippen LogP contribution in [0.4, 0.5) is 8.78 Å². The van der Waals surface area contributed by atoms with Crippen molar-refractivity contribution in [3.8, 4) is 0 Å². The number of rotatable bonds is 6. The van der Waals surface area contributed by atoms with Crippen molar-refractivity contribution in [2.24, 2.45) is 0 Å². The fraction of sp³-hybridized carbons (Fsp3) is 1.00. The van der Waals surface area contributed by atoms with Crippen molar-refractivity contribution in [2.45, 2.75) is 45.1 Å². The summed E-state index contributed by atoms with van der Waals surface area (Å²) in [5, 5.41) is 0. The smallest absolute Gasteiger partial charge is 0.376 e. The molecule has 0 aromatic rings. The second-order valence-electron chi connectivity index (χ2n) is 3.82. The molecule has 0 fully saturated rings. The molecule has 0 atom stereocenters. The molecule has 0 N–H and O–H groups in total. The highest BCUT2D eigenvalue weighted by Gasteiger charge is 2.43. The van der Waals surface area contributed by atoms with Gasteiger partial charge in [0.1, 0.15) is 0 Å². The number of halogens is 2. The Morgan fingerprint density at radius 1 is 1.00 bits per heavy atom. The van der Waals surface area contributed by atoms with Crippen molar-refractivity contribution in [1.29, 1.82) is 0 Å². The average Bonchev–Trinajstić information content (AvgIpc) is 2.01. The molecule has 0 heterocycles. The normalized spacial score (nSPS) is 13.3. The van der Waals surface area contributed by atoms with Crippen LogP contribution in [0, 0.1) is 0 Å². The quantitative estimate of drug-likeness (QED) is 0.676. The van der Waals surface area contributed by atoms with Crippen LogP contribution in [-0.4, -0.2) is 32.9 Å². The van der Waals surface area contributed by atoms with E-state index < -0.39 is 32.9 Å². The zero-order valence-electron chi connectivity index (χ0n) is 9.51. The molecule has 0 aromatic heterocycles. The molecule has 14 heavy (non-hydrogen) atoms. The minimum Gasteiger partial charge on any atom is -0.438 e. The van der Waals surface area contributed by atoms with E-state index >= 15 is 0 Å². The van der Waals surface area contributed by atoms with Crippen molar-refractivity contribution in [2.75, 3.05) is 0 Å². The van der Waals surface area contributed by atoms with Gasteiger partial charge in [-0.25, -0.2) is 8.78 Å². The lowest BCUT2D eigenvalue weighted by Gasteiger charge is -2.27. The second-order valence-corrected chi connectivity index (χ2v) is 11.7. The number of alkyl halides is 2. The van der Waals surface area contributed by atoms with E-state index in [1.807, 2.05) is 26.2 Å². The van der Waals surface area contributed by atoms with Gasteiger partial charge in [0.15, 0.2) is 18.1 Å². The van der Waals surface area contributed by atoms with Crippen LogP contribution in [0.1, 0.15) is 13.3 Å². The molecule has 0 rings (SSSR count). The van der Waals surface area contributed by atoms with E-state index in [2.05, 4.69) is 0 Å². The summed E-state index contributed by atoms with van der Waals surface area (Å²) in [6, 6.07) is 0. The minimum atomic E-state index is -2.77. The lowest BCUT2D eigenvalue weighted by atomic mass is 10.5. The first-order valence-electron chi connectivity index (χ1n) is 4.98. The molecular weight excluding hydrogens is 238 g/mol. The van der Waals surface area contributed by atoms with Crippen LogP contribution < -0.4 is 0 Å². The van der Waals surface area contributed by atoms with Crippen molar-refractivity contribution in [3.05, 3.63) is 0 Å². The van der Waals surface area contributed by atoms with Gasteiger partial charge < -0.3 is 8.23 Å². The van der Waals surface area contributed by atoms with Gasteiger partial charge in [0, 0.05) is 6.42 Å². The van der Waals surface area contributed by atoms with Gasteiger partial charge in [0.05, 0.1) is 0 Å². The molecular formula is C7H20F2O2Si3. The summed E-state index contributed by atoms with van der Waals surface area (Å²) < 4.78 is 37.5. The molecule has 0 unspecified atom stereocenters. The van der Waals surface area contributed by atoms with Crippen molar-refractivity contribution < 1.29 is 17.0 Å². The Labute approximate surface area is 89.9 Å². The van der Waals surface area contributed by atoms with Gasteiger partial charge in [0.25, 0.3) is 5.55 Å². The predicted molar refractivity (Wildman–Crippen MR) is 62.3 cm³/mol. The lowest BCUT2D eigenvalue weighted by Crippen LogP contribution is -2.47. The van der Waals surface area contributed by atoms with E-state index in [4.69, 9.17) is 8.23 Å². The van der Waals surface area contributed by atoms with Crippen LogP contribution in [0.15, 0.2) is 0 Å². The molecule has 0 aromatic carbocycles. The maximum Gasteiger partial charge on any atom is 0.376 e. The number of hydrogen-bond acceptors (Lipinski definition) is 2. The van der Waals surface area contributed by atoms with Crippen LogP contribution in [0.25, 0.3) is 0 Å². The SMILES string of the molecule is CCC(F)(F)[SiH](O[SiH](C)C)O[SiH](C)C. The summed E-state index contributed by atoms with van der Waals surface area (Å²) in [4.78, 5) is 0. The zero-order chi connectivity index (χ0) is 11.4. The van der Waals surface area contributed by atoms with Crippen molar-refractivity contribution in [3.63, 3.8) is 0 Å². The summed E-state index contributed by atoms with van der Waals surface area (Å²) in [5.41, 5.74) is -2.71. The summed E-state index contributed by atoms with van der Waals surface area (Å²) in [6.07, 6.45) is -0.174. The first kappa shape index (κ1) is 14.4. The highest BCUT2D eigenvalue weighted by Crippen LogP contribution is 2.24. The molecule has 0 bridgehead atoms. The van der Waals surface area contributed by atoms with Crippen LogP contribution in [0.2, 0.25) is 26.2 Å². The molecule has 0 aliphatic heterocycles. The molecule has 7 heteroatoms. The predicted octanol–water partition coefficient (Wildman–Crippen LogP) is 1.79. The van der Waals surface area contributed by atoms with Gasteiger partial charge in [-0.2, -0.15) is 0 Å². The van der Waals surface area contributed by atoms with E-state index in [1.165, 1.54) is 6.92 Å². The van der Waals surface area contributed by atoms with Crippen molar-refractivity contribution >= 4 is 27.4 Å². The fourth-order valence-corrected chi connectivity index (χ4v) is 7.61. The third-order valence-corrected chi connectivity index (χ3v) is 9.04. The van der Waals surface area contributed by atoms with Crippen LogP contribution in [-0.2, 0) is 8.23 Å². The summed E-state index contributed by atoms with van der Waals surface area (Å²) in [7, 11) is -5.61. The standard InChI is InChI=1S/C7H20F2O2Si3/c1-6-7(8,9)14(10-12(2)3)11-13(4)5/h12-14H,6H2,1-5H3. The molecule has 0 aliphatic carbocycles. The summed E-state index contributed by atoms with van der Waals surface area (Å²) in [5.74, 6) is 0. The topological polar surface area (TPSA) is 18.5 Å². The maximum absolute atomic E-state index is 13.4. The first-order valence-corrected chi connectivity index (χ1v) is 12.1. The molecule has 2 nitrogen and oxygen atoms in total. The molecule has 0 saturated carbocycles. The fourth-order valence-electron chi connectivity index (χ4n) is 0.892. The Bertz CT molecular complexity index is 157. The molecule has 0 radical (unpaired) electrons. The summed E-state index contributed by atoms with van der Waals surface area (Å²) in [6.45, 7) is 9.08. The molecule has 0 spiro atoms. The average molecular weight is 258 g/mol. The molecule has 0 saturated heterocycles. The van der Waals surface area contributed by atoms with Crippen LogP contribution in [0.5, 0.6) is 0 Å². The second kappa shape index (κ2) is 6.11. The Hall–Kier alpha value is 0.431. The highest BCUT2D eigenvalue weighted by molar-refractivity contribution is 6.68. The van der Waals surface area contributed by atoms with Gasteiger partial charge >= 0.3 is 9.28 Å². The van der Waals surface area contributed by atoms with E-state index in [9.17, 15) is 8.78 Å². The Morgan fingerprint density at radius 2 is 1.36 bits per heavy atom. The van der Waals surface area contributed by atoms with Gasteiger partial charge in [-0.1, -0.05) is 6.92 Å².